The fourth-order valence-corrected chi connectivity index (χ4v) is 2.43. The van der Waals surface area contributed by atoms with Crippen LogP contribution in [0, 0.1) is 0 Å². The van der Waals surface area contributed by atoms with Gasteiger partial charge in [0.25, 0.3) is 0 Å². The van der Waals surface area contributed by atoms with Crippen LogP contribution in [0.3, 0.4) is 0 Å². The Kier molecular flexibility index (Phi) is 5.59. The van der Waals surface area contributed by atoms with Gasteiger partial charge in [0.15, 0.2) is 0 Å². The van der Waals surface area contributed by atoms with Gasteiger partial charge in [0.1, 0.15) is 0 Å². The summed E-state index contributed by atoms with van der Waals surface area (Å²) in [5.74, 6) is 0. The van der Waals surface area contributed by atoms with E-state index in [1.165, 1.54) is 19.3 Å². The monoisotopic (exact) mass is 237 g/mol. The van der Waals surface area contributed by atoms with Crippen molar-refractivity contribution in [3.63, 3.8) is 0 Å². The molecule has 1 aliphatic rings. The highest BCUT2D eigenvalue weighted by atomic mass is 19.4. The summed E-state index contributed by atoms with van der Waals surface area (Å²) in [4.78, 5) is 0. The molecule has 0 heterocycles. The van der Waals surface area contributed by atoms with Crippen molar-refractivity contribution < 1.29 is 13.2 Å². The van der Waals surface area contributed by atoms with Gasteiger partial charge in [-0.25, -0.2) is 0 Å². The van der Waals surface area contributed by atoms with E-state index in [-0.39, 0.29) is 6.04 Å². The van der Waals surface area contributed by atoms with Crippen molar-refractivity contribution in [2.75, 3.05) is 0 Å². The molecule has 0 aromatic rings. The van der Waals surface area contributed by atoms with E-state index < -0.39 is 18.6 Å². The molecule has 1 fully saturated rings. The van der Waals surface area contributed by atoms with Crippen LogP contribution in [0.2, 0.25) is 0 Å². The molecule has 0 saturated heterocycles. The van der Waals surface area contributed by atoms with E-state index in [1.54, 1.807) is 6.92 Å². The molecular weight excluding hydrogens is 215 g/mol. The van der Waals surface area contributed by atoms with E-state index in [0.717, 1.165) is 25.7 Å². The van der Waals surface area contributed by atoms with Crippen molar-refractivity contribution in [3.05, 3.63) is 0 Å². The zero-order chi connectivity index (χ0) is 12.0. The van der Waals surface area contributed by atoms with Crippen LogP contribution in [0.5, 0.6) is 0 Å². The summed E-state index contributed by atoms with van der Waals surface area (Å²) in [6.45, 7) is 1.63. The third-order valence-corrected chi connectivity index (χ3v) is 3.16. The topological polar surface area (TPSA) is 12.0 Å². The molecule has 0 amide bonds. The van der Waals surface area contributed by atoms with Crippen LogP contribution in [0.25, 0.3) is 0 Å². The van der Waals surface area contributed by atoms with Gasteiger partial charge in [-0.05, 0) is 19.8 Å². The summed E-state index contributed by atoms with van der Waals surface area (Å²) in [6.07, 6.45) is 3.33. The second-order valence-corrected chi connectivity index (χ2v) is 4.93. The molecule has 1 aliphatic carbocycles. The Balaban J connectivity index is 2.27. The maximum Gasteiger partial charge on any atom is 0.390 e. The molecule has 0 aromatic heterocycles. The molecule has 1 N–H and O–H groups in total. The van der Waals surface area contributed by atoms with Crippen LogP contribution in [0.4, 0.5) is 13.2 Å². The van der Waals surface area contributed by atoms with E-state index in [1.807, 2.05) is 0 Å². The van der Waals surface area contributed by atoms with Gasteiger partial charge in [0.2, 0.25) is 0 Å². The van der Waals surface area contributed by atoms with Gasteiger partial charge in [0.05, 0.1) is 6.42 Å². The second-order valence-electron chi connectivity index (χ2n) is 4.93. The highest BCUT2D eigenvalue weighted by molar-refractivity contribution is 4.75. The minimum absolute atomic E-state index is 0.289. The molecule has 0 aliphatic heterocycles. The van der Waals surface area contributed by atoms with Crippen LogP contribution in [-0.4, -0.2) is 18.3 Å². The molecular formula is C12H22F3N. The minimum atomic E-state index is -4.05. The molecule has 0 spiro atoms. The van der Waals surface area contributed by atoms with Crippen molar-refractivity contribution in [1.29, 1.82) is 0 Å². The molecule has 1 atom stereocenters. The molecule has 1 rings (SSSR count). The predicted octanol–water partition coefficient (Wildman–Crippen LogP) is 4.03. The lowest BCUT2D eigenvalue weighted by Crippen LogP contribution is -2.39. The maximum absolute atomic E-state index is 12.2. The van der Waals surface area contributed by atoms with E-state index in [0.29, 0.717) is 0 Å². The van der Waals surface area contributed by atoms with Gasteiger partial charge in [-0.3, -0.25) is 0 Å². The zero-order valence-corrected chi connectivity index (χ0v) is 9.95. The average molecular weight is 237 g/mol. The second kappa shape index (κ2) is 6.48. The lowest BCUT2D eigenvalue weighted by molar-refractivity contribution is -0.139. The van der Waals surface area contributed by atoms with Crippen LogP contribution in [0.15, 0.2) is 0 Å². The summed E-state index contributed by atoms with van der Waals surface area (Å²) in [6, 6.07) is -0.165. The van der Waals surface area contributed by atoms with E-state index in [2.05, 4.69) is 5.32 Å². The number of alkyl halides is 3. The Morgan fingerprint density at radius 1 is 1.06 bits per heavy atom. The van der Waals surface area contributed by atoms with Crippen LogP contribution in [-0.2, 0) is 0 Å². The van der Waals surface area contributed by atoms with Gasteiger partial charge >= 0.3 is 6.18 Å². The SMILES string of the molecule is CC(CC(F)(F)F)NC1CCCCCCC1. The molecule has 0 aromatic carbocycles. The van der Waals surface area contributed by atoms with Crippen molar-refractivity contribution in [2.24, 2.45) is 0 Å². The molecule has 0 radical (unpaired) electrons. The standard InChI is InChI=1S/C12H22F3N/c1-10(9-12(13,14)15)16-11-7-5-3-2-4-6-8-11/h10-11,16H,2-9H2,1H3. The van der Waals surface area contributed by atoms with Gasteiger partial charge in [-0.1, -0.05) is 32.1 Å². The van der Waals surface area contributed by atoms with Gasteiger partial charge in [-0.15, -0.1) is 0 Å². The highest BCUT2D eigenvalue weighted by Crippen LogP contribution is 2.23. The van der Waals surface area contributed by atoms with Crippen molar-refractivity contribution in [2.45, 2.75) is 76.6 Å². The summed E-state index contributed by atoms with van der Waals surface area (Å²) in [7, 11) is 0. The zero-order valence-electron chi connectivity index (χ0n) is 9.95. The number of rotatable bonds is 3. The molecule has 16 heavy (non-hydrogen) atoms. The maximum atomic E-state index is 12.2. The van der Waals surface area contributed by atoms with Crippen LogP contribution in [0.1, 0.15) is 58.3 Å². The molecule has 1 nitrogen and oxygen atoms in total. The fraction of sp³-hybridized carbons (Fsp3) is 1.00. The Morgan fingerprint density at radius 3 is 2.06 bits per heavy atom. The summed E-state index contributed by atoms with van der Waals surface area (Å²) < 4.78 is 36.5. The third kappa shape index (κ3) is 6.36. The predicted molar refractivity (Wildman–Crippen MR) is 59.4 cm³/mol. The number of halogens is 3. The molecule has 0 bridgehead atoms. The van der Waals surface area contributed by atoms with Crippen molar-refractivity contribution in [3.8, 4) is 0 Å². The number of hydrogen-bond donors (Lipinski definition) is 1. The van der Waals surface area contributed by atoms with Crippen LogP contribution >= 0.6 is 0 Å². The summed E-state index contributed by atoms with van der Waals surface area (Å²) in [5.41, 5.74) is 0. The van der Waals surface area contributed by atoms with E-state index >= 15 is 0 Å². The van der Waals surface area contributed by atoms with E-state index in [4.69, 9.17) is 0 Å². The van der Waals surface area contributed by atoms with Crippen LogP contribution < -0.4 is 5.32 Å². The molecule has 96 valence electrons. The number of nitrogens with one attached hydrogen (secondary N) is 1. The normalized spacial score (nSPS) is 22.5. The lowest BCUT2D eigenvalue weighted by Gasteiger charge is -2.25. The van der Waals surface area contributed by atoms with Gasteiger partial charge < -0.3 is 5.32 Å². The molecule has 4 heteroatoms. The Hall–Kier alpha value is -0.250. The van der Waals surface area contributed by atoms with Crippen molar-refractivity contribution in [1.82, 2.24) is 5.32 Å². The lowest BCUT2D eigenvalue weighted by atomic mass is 9.96. The first-order valence-electron chi connectivity index (χ1n) is 6.30. The third-order valence-electron chi connectivity index (χ3n) is 3.16. The van der Waals surface area contributed by atoms with E-state index in [9.17, 15) is 13.2 Å². The minimum Gasteiger partial charge on any atom is -0.311 e. The van der Waals surface area contributed by atoms with Gasteiger partial charge in [0, 0.05) is 12.1 Å². The first-order valence-corrected chi connectivity index (χ1v) is 6.30. The first-order chi connectivity index (χ1) is 7.47. The molecule has 1 saturated carbocycles. The Morgan fingerprint density at radius 2 is 1.56 bits per heavy atom. The smallest absolute Gasteiger partial charge is 0.311 e. The fourth-order valence-electron chi connectivity index (χ4n) is 2.43. The van der Waals surface area contributed by atoms with Crippen molar-refractivity contribution >= 4 is 0 Å². The summed E-state index contributed by atoms with van der Waals surface area (Å²) in [5, 5.41) is 3.12. The Bertz CT molecular complexity index is 183. The van der Waals surface area contributed by atoms with Gasteiger partial charge in [-0.2, -0.15) is 13.2 Å². The quantitative estimate of drug-likeness (QED) is 0.781. The average Bonchev–Trinajstić information content (AvgIpc) is 2.06. The largest absolute Gasteiger partial charge is 0.390 e. The number of hydrogen-bond acceptors (Lipinski definition) is 1. The Labute approximate surface area is 95.8 Å². The summed E-state index contributed by atoms with van der Waals surface area (Å²) >= 11 is 0. The first kappa shape index (κ1) is 13.8. The highest BCUT2D eigenvalue weighted by Gasteiger charge is 2.30. The molecule has 1 unspecified atom stereocenters.